The molecule has 0 N–H and O–H groups in total. The van der Waals surface area contributed by atoms with Crippen LogP contribution in [0.15, 0.2) is 176 Å². The van der Waals surface area contributed by atoms with E-state index in [0.29, 0.717) is 0 Å². The Kier molecular flexibility index (Phi) is 8.15. The lowest BCUT2D eigenvalue weighted by Gasteiger charge is -2.34. The highest BCUT2D eigenvalue weighted by Crippen LogP contribution is 2.51. The average molecular weight is 794 g/mol. The fraction of sp³-hybridized carbons (Fsp3) is 0.0847. The third-order valence-electron chi connectivity index (χ3n) is 13.6. The summed E-state index contributed by atoms with van der Waals surface area (Å²) in [6.07, 6.45) is 0. The molecule has 12 rings (SSSR count). The van der Waals surface area contributed by atoms with Crippen molar-refractivity contribution in [2.24, 2.45) is 0 Å². The summed E-state index contributed by atoms with van der Waals surface area (Å²) < 4.78 is 7.14. The number of para-hydroxylation sites is 1. The van der Waals surface area contributed by atoms with Gasteiger partial charge in [-0.15, -0.1) is 0 Å². The van der Waals surface area contributed by atoms with Crippen LogP contribution < -0.4 is 26.0 Å². The van der Waals surface area contributed by atoms with Gasteiger partial charge in [0, 0.05) is 34.0 Å². The van der Waals surface area contributed by atoms with Crippen molar-refractivity contribution in [3.63, 3.8) is 0 Å². The molecule has 0 saturated carbocycles. The molecule has 0 amide bonds. The van der Waals surface area contributed by atoms with E-state index in [1.165, 1.54) is 98.8 Å². The van der Waals surface area contributed by atoms with Gasteiger partial charge < -0.3 is 9.64 Å². The monoisotopic (exact) mass is 793 g/mol. The SMILES string of the molecule is Cc1cc(C)c(B2c3c(C)cc(C)cc3-c3ccc4c5c(ccc2c35)-c2ccc(N(c3ccc5c(ccc6ccccc65)c3)c3ccccc3-c3ccccc3)cc2O4)c(C)c1. The van der Waals surface area contributed by atoms with Crippen molar-refractivity contribution in [2.75, 3.05) is 4.90 Å². The molecular formula is C59H44BNO. The summed E-state index contributed by atoms with van der Waals surface area (Å²) in [4.78, 5) is 2.40. The van der Waals surface area contributed by atoms with Crippen LogP contribution in [0.5, 0.6) is 11.5 Å². The minimum atomic E-state index is 0.116. The van der Waals surface area contributed by atoms with Gasteiger partial charge in [-0.05, 0) is 120 Å². The van der Waals surface area contributed by atoms with E-state index >= 15 is 0 Å². The lowest BCUT2D eigenvalue weighted by atomic mass is 9.32. The molecule has 0 unspecified atom stereocenters. The first-order chi connectivity index (χ1) is 30.3. The third-order valence-corrected chi connectivity index (χ3v) is 13.6. The number of rotatable bonds is 5. The van der Waals surface area contributed by atoms with Crippen LogP contribution in [0.4, 0.5) is 17.1 Å². The van der Waals surface area contributed by atoms with Gasteiger partial charge in [0.15, 0.2) is 0 Å². The highest BCUT2D eigenvalue weighted by Gasteiger charge is 2.37. The van der Waals surface area contributed by atoms with Gasteiger partial charge in [0.2, 0.25) is 6.71 Å². The van der Waals surface area contributed by atoms with E-state index in [4.69, 9.17) is 4.74 Å². The summed E-state index contributed by atoms with van der Waals surface area (Å²) >= 11 is 0. The van der Waals surface area contributed by atoms with Crippen molar-refractivity contribution < 1.29 is 4.74 Å². The van der Waals surface area contributed by atoms with Crippen LogP contribution in [0, 0.1) is 34.6 Å². The second-order valence-corrected chi connectivity index (χ2v) is 17.5. The van der Waals surface area contributed by atoms with Gasteiger partial charge >= 0.3 is 0 Å². The molecule has 0 fully saturated rings. The maximum atomic E-state index is 7.14. The summed E-state index contributed by atoms with van der Waals surface area (Å²) in [5, 5.41) is 7.46. The Morgan fingerprint density at radius 3 is 1.87 bits per heavy atom. The standard InChI is InChI=1S/C59H44BNO/c1-35-29-37(3)58(38(4)30-35)60-52-27-25-49-48-24-22-44(34-55(48)62-54-28-26-50(56(52)57(49)54)51-32-36(2)31-39(5)59(51)60)61(53-18-12-11-17-47(53)40-13-7-6-8-14-40)43-21-23-46-42(33-43)20-19-41-15-9-10-16-45(41)46/h6-34H,1-5H3. The fourth-order valence-corrected chi connectivity index (χ4v) is 11.1. The first-order valence-corrected chi connectivity index (χ1v) is 21.8. The van der Waals surface area contributed by atoms with Gasteiger partial charge in [-0.1, -0.05) is 178 Å². The number of hydrogen-bond acceptors (Lipinski definition) is 2. The molecule has 2 aliphatic rings. The number of fused-ring (bicyclic) bond motifs is 7. The van der Waals surface area contributed by atoms with Crippen LogP contribution in [0.2, 0.25) is 0 Å². The van der Waals surface area contributed by atoms with Gasteiger partial charge in [-0.3, -0.25) is 0 Å². The number of benzene rings is 10. The fourth-order valence-electron chi connectivity index (χ4n) is 11.1. The molecule has 0 aliphatic carbocycles. The predicted molar refractivity (Wildman–Crippen MR) is 265 cm³/mol. The molecule has 0 spiro atoms. The zero-order valence-electron chi connectivity index (χ0n) is 35.7. The van der Waals surface area contributed by atoms with Crippen LogP contribution in [-0.4, -0.2) is 6.71 Å². The number of ether oxygens (including phenoxy) is 1. The Morgan fingerprint density at radius 1 is 0.403 bits per heavy atom. The molecule has 10 aromatic carbocycles. The molecule has 10 aromatic rings. The van der Waals surface area contributed by atoms with E-state index in [9.17, 15) is 0 Å². The Morgan fingerprint density at radius 2 is 1.03 bits per heavy atom. The normalized spacial score (nSPS) is 12.4. The lowest BCUT2D eigenvalue weighted by Crippen LogP contribution is -2.57. The van der Waals surface area contributed by atoms with Gasteiger partial charge in [-0.25, -0.2) is 0 Å². The first-order valence-electron chi connectivity index (χ1n) is 21.8. The number of hydrogen-bond donors (Lipinski definition) is 0. The first kappa shape index (κ1) is 36.5. The van der Waals surface area contributed by atoms with Crippen molar-refractivity contribution in [3.05, 3.63) is 204 Å². The highest BCUT2D eigenvalue weighted by atomic mass is 16.5. The van der Waals surface area contributed by atoms with E-state index in [0.717, 1.165) is 39.7 Å². The molecule has 3 heteroatoms. The van der Waals surface area contributed by atoms with Crippen LogP contribution in [0.3, 0.4) is 0 Å². The molecule has 2 aliphatic heterocycles. The van der Waals surface area contributed by atoms with Crippen molar-refractivity contribution in [1.29, 1.82) is 0 Å². The highest BCUT2D eigenvalue weighted by molar-refractivity contribution is 6.99. The van der Waals surface area contributed by atoms with Crippen molar-refractivity contribution >= 4 is 72.5 Å². The van der Waals surface area contributed by atoms with E-state index in [2.05, 4.69) is 215 Å². The molecule has 294 valence electrons. The van der Waals surface area contributed by atoms with E-state index in [-0.39, 0.29) is 6.71 Å². The van der Waals surface area contributed by atoms with Crippen LogP contribution >= 0.6 is 0 Å². The lowest BCUT2D eigenvalue weighted by molar-refractivity contribution is 0.487. The van der Waals surface area contributed by atoms with Gasteiger partial charge in [0.25, 0.3) is 0 Å². The second-order valence-electron chi connectivity index (χ2n) is 17.5. The molecule has 0 bridgehead atoms. The third kappa shape index (κ3) is 5.51. The smallest absolute Gasteiger partial charge is 0.243 e. The Hall–Kier alpha value is -7.36. The molecule has 2 heterocycles. The molecule has 0 radical (unpaired) electrons. The van der Waals surface area contributed by atoms with E-state index < -0.39 is 0 Å². The van der Waals surface area contributed by atoms with Crippen molar-refractivity contribution in [1.82, 2.24) is 0 Å². The Labute approximate surface area is 363 Å². The molecule has 0 atom stereocenters. The van der Waals surface area contributed by atoms with E-state index in [1.807, 2.05) is 0 Å². The number of anilines is 3. The zero-order chi connectivity index (χ0) is 41.8. The topological polar surface area (TPSA) is 12.5 Å². The molecule has 2 nitrogen and oxygen atoms in total. The molecule has 0 saturated heterocycles. The molecule has 0 aromatic heterocycles. The minimum absolute atomic E-state index is 0.116. The largest absolute Gasteiger partial charge is 0.456 e. The van der Waals surface area contributed by atoms with E-state index in [1.54, 1.807) is 0 Å². The van der Waals surface area contributed by atoms with Crippen molar-refractivity contribution in [2.45, 2.75) is 34.6 Å². The summed E-state index contributed by atoms with van der Waals surface area (Å²) in [5.74, 6) is 1.76. The quantitative estimate of drug-likeness (QED) is 0.127. The minimum Gasteiger partial charge on any atom is -0.456 e. The van der Waals surface area contributed by atoms with Gasteiger partial charge in [-0.2, -0.15) is 0 Å². The predicted octanol–water partition coefficient (Wildman–Crippen LogP) is 14.1. The maximum absolute atomic E-state index is 7.14. The van der Waals surface area contributed by atoms with Crippen molar-refractivity contribution in [3.8, 4) is 44.9 Å². The Balaban J connectivity index is 1.06. The van der Waals surface area contributed by atoms with Gasteiger partial charge in [0.1, 0.15) is 11.5 Å². The maximum Gasteiger partial charge on any atom is 0.243 e. The van der Waals surface area contributed by atoms with Crippen LogP contribution in [0.25, 0.3) is 65.7 Å². The van der Waals surface area contributed by atoms with Crippen LogP contribution in [0.1, 0.15) is 27.8 Å². The summed E-state index contributed by atoms with van der Waals surface area (Å²) in [7, 11) is 0. The Bertz CT molecular complexity index is 3490. The number of nitrogens with zero attached hydrogens (tertiary/aromatic N) is 1. The molecular weight excluding hydrogens is 749 g/mol. The molecule has 62 heavy (non-hydrogen) atoms. The second kappa shape index (κ2) is 13.8. The summed E-state index contributed by atoms with van der Waals surface area (Å²) in [6.45, 7) is 11.4. The van der Waals surface area contributed by atoms with Gasteiger partial charge in [0.05, 0.1) is 5.69 Å². The average Bonchev–Trinajstić information content (AvgIpc) is 3.28. The summed E-state index contributed by atoms with van der Waals surface area (Å²) in [5.41, 5.74) is 21.3. The summed E-state index contributed by atoms with van der Waals surface area (Å²) in [6, 6.07) is 65.0. The number of aryl methyl sites for hydroxylation is 5. The van der Waals surface area contributed by atoms with Crippen LogP contribution in [-0.2, 0) is 0 Å². The zero-order valence-corrected chi connectivity index (χ0v) is 35.7.